The van der Waals surface area contributed by atoms with Gasteiger partial charge in [-0.3, -0.25) is 0 Å². The van der Waals surface area contributed by atoms with Crippen molar-refractivity contribution in [3.8, 4) is 17.0 Å². The van der Waals surface area contributed by atoms with Crippen LogP contribution in [0.15, 0.2) is 36.5 Å². The van der Waals surface area contributed by atoms with Gasteiger partial charge in [-0.2, -0.15) is 0 Å². The van der Waals surface area contributed by atoms with Crippen molar-refractivity contribution >= 4 is 11.6 Å². The SMILES string of the molecule is COc1ccc(-c2cc(Cl)ccc2CNC2CC2)cn1. The summed E-state index contributed by atoms with van der Waals surface area (Å²) in [5, 5.41) is 4.28. The lowest BCUT2D eigenvalue weighted by Gasteiger charge is -2.11. The van der Waals surface area contributed by atoms with Crippen molar-refractivity contribution < 1.29 is 4.74 Å². The first-order valence-electron chi connectivity index (χ1n) is 6.78. The van der Waals surface area contributed by atoms with E-state index in [1.165, 1.54) is 18.4 Å². The van der Waals surface area contributed by atoms with Gasteiger partial charge < -0.3 is 10.1 Å². The number of halogens is 1. The fourth-order valence-electron chi connectivity index (χ4n) is 2.17. The molecule has 0 aliphatic heterocycles. The first kappa shape index (κ1) is 13.4. The number of hydrogen-bond donors (Lipinski definition) is 1. The van der Waals surface area contributed by atoms with E-state index < -0.39 is 0 Å². The van der Waals surface area contributed by atoms with Gasteiger partial charge in [-0.1, -0.05) is 17.7 Å². The van der Waals surface area contributed by atoms with Gasteiger partial charge in [0.1, 0.15) is 0 Å². The van der Waals surface area contributed by atoms with Gasteiger partial charge in [0, 0.05) is 35.4 Å². The third-order valence-electron chi connectivity index (χ3n) is 3.49. The van der Waals surface area contributed by atoms with Gasteiger partial charge in [0.25, 0.3) is 0 Å². The van der Waals surface area contributed by atoms with Crippen LogP contribution >= 0.6 is 11.6 Å². The molecule has 3 nitrogen and oxygen atoms in total. The number of nitrogens with one attached hydrogen (secondary N) is 1. The molecule has 1 aromatic carbocycles. The van der Waals surface area contributed by atoms with E-state index in [0.29, 0.717) is 11.9 Å². The molecule has 1 aliphatic carbocycles. The molecule has 0 amide bonds. The van der Waals surface area contributed by atoms with Crippen molar-refractivity contribution in [2.24, 2.45) is 0 Å². The van der Waals surface area contributed by atoms with E-state index >= 15 is 0 Å². The molecule has 1 N–H and O–H groups in total. The van der Waals surface area contributed by atoms with Crippen LogP contribution in [0.1, 0.15) is 18.4 Å². The Morgan fingerprint density at radius 1 is 1.30 bits per heavy atom. The van der Waals surface area contributed by atoms with Crippen molar-refractivity contribution in [1.82, 2.24) is 10.3 Å². The van der Waals surface area contributed by atoms with E-state index in [0.717, 1.165) is 22.7 Å². The molecule has 1 aliphatic rings. The average Bonchev–Trinajstić information content (AvgIpc) is 3.30. The van der Waals surface area contributed by atoms with Crippen LogP contribution in [0.25, 0.3) is 11.1 Å². The Kier molecular flexibility index (Phi) is 3.90. The second kappa shape index (κ2) is 5.81. The molecule has 3 rings (SSSR count). The van der Waals surface area contributed by atoms with Crippen LogP contribution in [0.5, 0.6) is 5.88 Å². The fourth-order valence-corrected chi connectivity index (χ4v) is 2.35. The van der Waals surface area contributed by atoms with Crippen LogP contribution in [0.3, 0.4) is 0 Å². The first-order valence-corrected chi connectivity index (χ1v) is 7.16. The maximum absolute atomic E-state index is 6.13. The second-order valence-electron chi connectivity index (χ2n) is 5.05. The minimum absolute atomic E-state index is 0.619. The average molecular weight is 289 g/mol. The van der Waals surface area contributed by atoms with Crippen molar-refractivity contribution in [2.75, 3.05) is 7.11 Å². The highest BCUT2D eigenvalue weighted by molar-refractivity contribution is 6.30. The monoisotopic (exact) mass is 288 g/mol. The molecular weight excluding hydrogens is 272 g/mol. The molecule has 104 valence electrons. The molecule has 2 aromatic rings. The normalized spacial score (nSPS) is 14.3. The van der Waals surface area contributed by atoms with Crippen molar-refractivity contribution in [1.29, 1.82) is 0 Å². The van der Waals surface area contributed by atoms with Gasteiger partial charge in [0.2, 0.25) is 5.88 Å². The Morgan fingerprint density at radius 2 is 2.15 bits per heavy atom. The number of rotatable bonds is 5. The lowest BCUT2D eigenvalue weighted by atomic mass is 10.0. The summed E-state index contributed by atoms with van der Waals surface area (Å²) in [5.74, 6) is 0.619. The van der Waals surface area contributed by atoms with E-state index in [-0.39, 0.29) is 0 Å². The maximum atomic E-state index is 6.13. The molecule has 20 heavy (non-hydrogen) atoms. The predicted molar refractivity (Wildman–Crippen MR) is 81.1 cm³/mol. The van der Waals surface area contributed by atoms with Crippen LogP contribution in [-0.4, -0.2) is 18.1 Å². The summed E-state index contributed by atoms with van der Waals surface area (Å²) < 4.78 is 5.10. The molecule has 0 unspecified atom stereocenters. The summed E-state index contributed by atoms with van der Waals surface area (Å²) in [6, 6.07) is 10.6. The van der Waals surface area contributed by atoms with Crippen LogP contribution in [0.4, 0.5) is 0 Å². The zero-order valence-electron chi connectivity index (χ0n) is 11.4. The highest BCUT2D eigenvalue weighted by Gasteiger charge is 2.20. The van der Waals surface area contributed by atoms with Gasteiger partial charge >= 0.3 is 0 Å². The molecule has 1 heterocycles. The lowest BCUT2D eigenvalue weighted by molar-refractivity contribution is 0.398. The number of ether oxygens (including phenoxy) is 1. The number of aromatic nitrogens is 1. The number of nitrogens with zero attached hydrogens (tertiary/aromatic N) is 1. The molecule has 0 saturated heterocycles. The number of methoxy groups -OCH3 is 1. The highest BCUT2D eigenvalue weighted by atomic mass is 35.5. The van der Waals surface area contributed by atoms with E-state index in [2.05, 4.69) is 16.4 Å². The van der Waals surface area contributed by atoms with Gasteiger partial charge in [0.15, 0.2) is 0 Å². The van der Waals surface area contributed by atoms with Crippen LogP contribution in [0, 0.1) is 0 Å². The summed E-state index contributed by atoms with van der Waals surface area (Å²) in [6.07, 6.45) is 4.39. The largest absolute Gasteiger partial charge is 0.481 e. The van der Waals surface area contributed by atoms with E-state index in [1.54, 1.807) is 7.11 Å². The number of hydrogen-bond acceptors (Lipinski definition) is 3. The predicted octanol–water partition coefficient (Wildman–Crippen LogP) is 3.66. The van der Waals surface area contributed by atoms with Gasteiger partial charge in [0.05, 0.1) is 7.11 Å². The molecule has 4 heteroatoms. The van der Waals surface area contributed by atoms with E-state index in [1.807, 2.05) is 30.5 Å². The Hall–Kier alpha value is -1.58. The Morgan fingerprint density at radius 3 is 2.80 bits per heavy atom. The van der Waals surface area contributed by atoms with Gasteiger partial charge in [-0.15, -0.1) is 0 Å². The Labute approximate surface area is 123 Å². The first-order chi connectivity index (χ1) is 9.76. The van der Waals surface area contributed by atoms with E-state index in [4.69, 9.17) is 16.3 Å². The minimum atomic E-state index is 0.619. The zero-order chi connectivity index (χ0) is 13.9. The molecule has 1 saturated carbocycles. The summed E-state index contributed by atoms with van der Waals surface area (Å²) in [4.78, 5) is 4.27. The van der Waals surface area contributed by atoms with Crippen molar-refractivity contribution in [2.45, 2.75) is 25.4 Å². The Bertz CT molecular complexity index is 594. The summed E-state index contributed by atoms with van der Waals surface area (Å²) in [5.41, 5.74) is 3.43. The highest BCUT2D eigenvalue weighted by Crippen LogP contribution is 2.28. The Balaban J connectivity index is 1.89. The van der Waals surface area contributed by atoms with Crippen LogP contribution in [-0.2, 0) is 6.54 Å². The molecule has 0 atom stereocenters. The third kappa shape index (κ3) is 3.11. The molecule has 0 spiro atoms. The molecule has 0 bridgehead atoms. The van der Waals surface area contributed by atoms with Crippen molar-refractivity contribution in [3.63, 3.8) is 0 Å². The molecular formula is C16H17ClN2O. The standard InChI is InChI=1S/C16H17ClN2O/c1-20-16-7-3-12(10-19-16)15-8-13(17)4-2-11(15)9-18-14-5-6-14/h2-4,7-8,10,14,18H,5-6,9H2,1H3. The minimum Gasteiger partial charge on any atom is -0.481 e. The smallest absolute Gasteiger partial charge is 0.212 e. The fraction of sp³-hybridized carbons (Fsp3) is 0.312. The molecule has 1 aromatic heterocycles. The van der Waals surface area contributed by atoms with Crippen molar-refractivity contribution in [3.05, 3.63) is 47.1 Å². The van der Waals surface area contributed by atoms with Gasteiger partial charge in [-0.05, 0) is 42.2 Å². The quantitative estimate of drug-likeness (QED) is 0.912. The van der Waals surface area contributed by atoms with Crippen LogP contribution < -0.4 is 10.1 Å². The molecule has 0 radical (unpaired) electrons. The third-order valence-corrected chi connectivity index (χ3v) is 3.72. The topological polar surface area (TPSA) is 34.1 Å². The summed E-state index contributed by atoms with van der Waals surface area (Å²) in [6.45, 7) is 0.864. The summed E-state index contributed by atoms with van der Waals surface area (Å²) >= 11 is 6.13. The lowest BCUT2D eigenvalue weighted by Crippen LogP contribution is -2.15. The van der Waals surface area contributed by atoms with Crippen LogP contribution in [0.2, 0.25) is 5.02 Å². The number of pyridine rings is 1. The molecule has 1 fully saturated rings. The summed E-state index contributed by atoms with van der Waals surface area (Å²) in [7, 11) is 1.62. The zero-order valence-corrected chi connectivity index (χ0v) is 12.2. The number of benzene rings is 1. The van der Waals surface area contributed by atoms with Gasteiger partial charge in [-0.25, -0.2) is 4.98 Å². The second-order valence-corrected chi connectivity index (χ2v) is 5.48. The maximum Gasteiger partial charge on any atom is 0.212 e. The van der Waals surface area contributed by atoms with E-state index in [9.17, 15) is 0 Å².